The molecule has 1 aromatic heterocycles. The quantitative estimate of drug-likeness (QED) is 0.811. The molecule has 2 amide bonds. The van der Waals surface area contributed by atoms with Crippen molar-refractivity contribution in [1.82, 2.24) is 9.88 Å². The number of hydrogen-bond acceptors (Lipinski definition) is 3. The van der Waals surface area contributed by atoms with Crippen LogP contribution in [0.5, 0.6) is 0 Å². The Balaban J connectivity index is 2.52. The van der Waals surface area contributed by atoms with Crippen molar-refractivity contribution in [1.29, 1.82) is 0 Å². The number of amides is 2. The monoisotopic (exact) mass is 237 g/mol. The molecule has 0 saturated heterocycles. The Bertz CT molecular complexity index is 381. The fourth-order valence-electron chi connectivity index (χ4n) is 1.27. The van der Waals surface area contributed by atoms with Crippen molar-refractivity contribution in [3.05, 3.63) is 24.5 Å². The molecule has 1 heterocycles. The number of urea groups is 1. The van der Waals surface area contributed by atoms with Gasteiger partial charge in [-0.2, -0.15) is 0 Å². The van der Waals surface area contributed by atoms with Crippen LogP contribution in [-0.4, -0.2) is 40.1 Å². The first-order chi connectivity index (χ1) is 8.13. The van der Waals surface area contributed by atoms with Gasteiger partial charge in [-0.1, -0.05) is 0 Å². The maximum Gasteiger partial charge on any atom is 0.321 e. The Morgan fingerprint density at radius 1 is 1.53 bits per heavy atom. The molecule has 17 heavy (non-hydrogen) atoms. The summed E-state index contributed by atoms with van der Waals surface area (Å²) in [7, 11) is 0. The molecule has 0 bridgehead atoms. The van der Waals surface area contributed by atoms with Crippen LogP contribution in [0.1, 0.15) is 13.3 Å². The van der Waals surface area contributed by atoms with Gasteiger partial charge in [-0.25, -0.2) is 4.79 Å². The maximum absolute atomic E-state index is 11.8. The van der Waals surface area contributed by atoms with Gasteiger partial charge in [-0.3, -0.25) is 9.78 Å². The van der Waals surface area contributed by atoms with E-state index in [9.17, 15) is 9.59 Å². The molecule has 0 aromatic carbocycles. The van der Waals surface area contributed by atoms with Crippen molar-refractivity contribution in [2.45, 2.75) is 13.3 Å². The Morgan fingerprint density at radius 2 is 2.29 bits per heavy atom. The van der Waals surface area contributed by atoms with Gasteiger partial charge in [0.1, 0.15) is 0 Å². The van der Waals surface area contributed by atoms with Gasteiger partial charge >= 0.3 is 12.0 Å². The number of anilines is 1. The number of nitrogens with one attached hydrogen (secondary N) is 1. The van der Waals surface area contributed by atoms with E-state index in [0.29, 0.717) is 12.2 Å². The standard InChI is InChI=1S/C11H15N3O3/c1-2-14(7-5-10(15)16)11(17)13-9-4-3-6-12-8-9/h3-4,6,8H,2,5,7H2,1H3,(H,13,17)(H,15,16). The van der Waals surface area contributed by atoms with Gasteiger partial charge in [-0.05, 0) is 19.1 Å². The van der Waals surface area contributed by atoms with Crippen LogP contribution in [0.15, 0.2) is 24.5 Å². The van der Waals surface area contributed by atoms with Gasteiger partial charge in [0.15, 0.2) is 0 Å². The topological polar surface area (TPSA) is 82.5 Å². The van der Waals surface area contributed by atoms with Crippen LogP contribution in [0.2, 0.25) is 0 Å². The van der Waals surface area contributed by atoms with Crippen LogP contribution in [-0.2, 0) is 4.79 Å². The fourth-order valence-corrected chi connectivity index (χ4v) is 1.27. The van der Waals surface area contributed by atoms with Crippen molar-refractivity contribution >= 4 is 17.7 Å². The average molecular weight is 237 g/mol. The fraction of sp³-hybridized carbons (Fsp3) is 0.364. The summed E-state index contributed by atoms with van der Waals surface area (Å²) in [5, 5.41) is 11.2. The number of nitrogens with zero attached hydrogens (tertiary/aromatic N) is 2. The Labute approximate surface area is 99.3 Å². The predicted octanol–water partition coefficient (Wildman–Crippen LogP) is 1.41. The summed E-state index contributed by atoms with van der Waals surface area (Å²) in [4.78, 5) is 27.5. The lowest BCUT2D eigenvalue weighted by Crippen LogP contribution is -2.36. The Hall–Kier alpha value is -2.11. The minimum absolute atomic E-state index is 0.0612. The summed E-state index contributed by atoms with van der Waals surface area (Å²) < 4.78 is 0. The molecule has 0 unspecified atom stereocenters. The summed E-state index contributed by atoms with van der Waals surface area (Å²) >= 11 is 0. The lowest BCUT2D eigenvalue weighted by molar-refractivity contribution is -0.137. The molecule has 0 spiro atoms. The van der Waals surface area contributed by atoms with Crippen molar-refractivity contribution in [2.75, 3.05) is 18.4 Å². The third kappa shape index (κ3) is 4.50. The number of carbonyl (C=O) groups is 2. The molecular formula is C11H15N3O3. The van der Waals surface area contributed by atoms with Gasteiger partial charge < -0.3 is 15.3 Å². The molecule has 1 rings (SSSR count). The number of hydrogen-bond donors (Lipinski definition) is 2. The number of carboxylic acids is 1. The first-order valence-corrected chi connectivity index (χ1v) is 5.31. The third-order valence-corrected chi connectivity index (χ3v) is 2.18. The van der Waals surface area contributed by atoms with Crippen LogP contribution >= 0.6 is 0 Å². The highest BCUT2D eigenvalue weighted by atomic mass is 16.4. The van der Waals surface area contributed by atoms with Gasteiger partial charge in [0, 0.05) is 19.3 Å². The highest BCUT2D eigenvalue weighted by molar-refractivity contribution is 5.89. The largest absolute Gasteiger partial charge is 0.481 e. The maximum atomic E-state index is 11.8. The number of carbonyl (C=O) groups excluding carboxylic acids is 1. The number of rotatable bonds is 5. The van der Waals surface area contributed by atoms with Crippen molar-refractivity contribution < 1.29 is 14.7 Å². The van der Waals surface area contributed by atoms with Crippen LogP contribution in [0.25, 0.3) is 0 Å². The van der Waals surface area contributed by atoms with Gasteiger partial charge in [0.2, 0.25) is 0 Å². The molecule has 1 aromatic rings. The van der Waals surface area contributed by atoms with E-state index in [1.165, 1.54) is 11.1 Å². The number of aliphatic carboxylic acids is 1. The summed E-state index contributed by atoms with van der Waals surface area (Å²) in [6, 6.07) is 3.11. The molecule has 0 aliphatic carbocycles. The second-order valence-corrected chi connectivity index (χ2v) is 3.40. The normalized spacial score (nSPS) is 9.71. The van der Waals surface area contributed by atoms with Gasteiger partial charge in [-0.15, -0.1) is 0 Å². The van der Waals surface area contributed by atoms with E-state index in [2.05, 4.69) is 10.3 Å². The van der Waals surface area contributed by atoms with E-state index in [4.69, 9.17) is 5.11 Å². The molecule has 2 N–H and O–H groups in total. The zero-order valence-corrected chi connectivity index (χ0v) is 9.59. The summed E-state index contributed by atoms with van der Waals surface area (Å²) in [5.74, 6) is -0.919. The highest BCUT2D eigenvalue weighted by Crippen LogP contribution is 2.05. The SMILES string of the molecule is CCN(CCC(=O)O)C(=O)Nc1cccnc1. The van der Waals surface area contributed by atoms with Crippen LogP contribution in [0.3, 0.4) is 0 Å². The van der Waals surface area contributed by atoms with Crippen molar-refractivity contribution in [3.63, 3.8) is 0 Å². The van der Waals surface area contributed by atoms with Crippen molar-refractivity contribution in [3.8, 4) is 0 Å². The summed E-state index contributed by atoms with van der Waals surface area (Å²) in [5.41, 5.74) is 0.589. The van der Waals surface area contributed by atoms with E-state index in [0.717, 1.165) is 0 Å². The molecule has 6 nitrogen and oxygen atoms in total. The van der Waals surface area contributed by atoms with E-state index >= 15 is 0 Å². The molecule has 6 heteroatoms. The first-order valence-electron chi connectivity index (χ1n) is 5.31. The smallest absolute Gasteiger partial charge is 0.321 e. The number of carboxylic acid groups (broad SMARTS) is 1. The second kappa shape index (κ2) is 6.47. The molecule has 0 aliphatic heterocycles. The third-order valence-electron chi connectivity index (χ3n) is 2.18. The molecule has 0 aliphatic rings. The molecule has 92 valence electrons. The lowest BCUT2D eigenvalue weighted by Gasteiger charge is -2.20. The highest BCUT2D eigenvalue weighted by Gasteiger charge is 2.12. The molecular weight excluding hydrogens is 222 g/mol. The average Bonchev–Trinajstić information content (AvgIpc) is 2.30. The van der Waals surface area contributed by atoms with Gasteiger partial charge in [0.05, 0.1) is 18.3 Å². The second-order valence-electron chi connectivity index (χ2n) is 3.40. The van der Waals surface area contributed by atoms with Crippen LogP contribution < -0.4 is 5.32 Å². The van der Waals surface area contributed by atoms with Crippen LogP contribution in [0.4, 0.5) is 10.5 Å². The Kier molecular flexibility index (Phi) is 4.93. The predicted molar refractivity (Wildman–Crippen MR) is 62.8 cm³/mol. The van der Waals surface area contributed by atoms with Crippen molar-refractivity contribution in [2.24, 2.45) is 0 Å². The van der Waals surface area contributed by atoms with E-state index in [1.54, 1.807) is 25.3 Å². The van der Waals surface area contributed by atoms with Crippen LogP contribution in [0, 0.1) is 0 Å². The van der Waals surface area contributed by atoms with E-state index < -0.39 is 5.97 Å². The zero-order valence-electron chi connectivity index (χ0n) is 9.59. The minimum atomic E-state index is -0.919. The number of aromatic nitrogens is 1. The first kappa shape index (κ1) is 13.0. The molecule has 0 atom stereocenters. The molecule has 0 saturated carbocycles. The zero-order chi connectivity index (χ0) is 12.7. The summed E-state index contributed by atoms with van der Waals surface area (Å²) in [6.07, 6.45) is 3.08. The molecule has 0 fully saturated rings. The minimum Gasteiger partial charge on any atom is -0.481 e. The lowest BCUT2D eigenvalue weighted by atomic mass is 10.4. The van der Waals surface area contributed by atoms with E-state index in [-0.39, 0.29) is 19.0 Å². The summed E-state index contributed by atoms with van der Waals surface area (Å²) in [6.45, 7) is 2.45. The van der Waals surface area contributed by atoms with E-state index in [1.807, 2.05) is 0 Å². The number of pyridine rings is 1. The van der Waals surface area contributed by atoms with Gasteiger partial charge in [0.25, 0.3) is 0 Å². The Morgan fingerprint density at radius 3 is 2.82 bits per heavy atom. The molecule has 0 radical (unpaired) electrons.